The van der Waals surface area contributed by atoms with E-state index in [4.69, 9.17) is 19.4 Å². The molecule has 1 aromatic heterocycles. The molecule has 0 spiro atoms. The molecule has 4 heteroatoms. The van der Waals surface area contributed by atoms with Crippen molar-refractivity contribution in [2.24, 2.45) is 0 Å². The highest BCUT2D eigenvalue weighted by Gasteiger charge is 2.01. The van der Waals surface area contributed by atoms with E-state index in [2.05, 4.69) is 4.98 Å². The Labute approximate surface area is 80.9 Å². The van der Waals surface area contributed by atoms with E-state index in [1.54, 1.807) is 18.2 Å². The van der Waals surface area contributed by atoms with Crippen LogP contribution >= 0.6 is 11.6 Å². The molecule has 0 unspecified atom stereocenters. The Hall–Kier alpha value is -1.22. The van der Waals surface area contributed by atoms with E-state index in [1.165, 1.54) is 6.20 Å². The van der Waals surface area contributed by atoms with Crippen molar-refractivity contribution >= 4 is 35.7 Å². The second-order valence-electron chi connectivity index (χ2n) is 2.77. The van der Waals surface area contributed by atoms with Gasteiger partial charge in [0.2, 0.25) is 0 Å². The highest BCUT2D eigenvalue weighted by Crippen LogP contribution is 2.17. The number of hydrogen-bond donors (Lipinski definition) is 1. The number of hydrogen-bond acceptors (Lipinski definition) is 1. The predicted octanol–water partition coefficient (Wildman–Crippen LogP) is 0.975. The van der Waals surface area contributed by atoms with Gasteiger partial charge in [0, 0.05) is 17.0 Å². The normalized spacial score (nSPS) is 10.5. The molecule has 0 aliphatic heterocycles. The topological polar surface area (TPSA) is 32.9 Å². The molecule has 1 N–H and O–H groups in total. The van der Waals surface area contributed by atoms with E-state index in [0.29, 0.717) is 15.9 Å². The lowest BCUT2D eigenvalue weighted by Crippen LogP contribution is -2.09. The van der Waals surface area contributed by atoms with Crippen molar-refractivity contribution in [3.8, 4) is 0 Å². The molecule has 0 saturated heterocycles. The molecule has 2 radical (unpaired) electrons. The first-order valence-corrected chi connectivity index (χ1v) is 4.13. The fourth-order valence-corrected chi connectivity index (χ4v) is 1.46. The van der Waals surface area contributed by atoms with Gasteiger partial charge in [-0.15, -0.1) is 0 Å². The molecule has 0 bridgehead atoms. The van der Waals surface area contributed by atoms with Gasteiger partial charge in [0.1, 0.15) is 7.85 Å². The van der Waals surface area contributed by atoms with Crippen LogP contribution in [0.5, 0.6) is 0 Å². The summed E-state index contributed by atoms with van der Waals surface area (Å²) in [4.78, 5) is 13.8. The molecular weight excluding hydrogens is 184 g/mol. The van der Waals surface area contributed by atoms with Crippen LogP contribution < -0.4 is 11.0 Å². The zero-order valence-electron chi connectivity index (χ0n) is 6.67. The summed E-state index contributed by atoms with van der Waals surface area (Å²) >= 11 is 5.87. The summed E-state index contributed by atoms with van der Waals surface area (Å²) in [6.07, 6.45) is 1.47. The number of benzene rings is 1. The number of rotatable bonds is 0. The smallest absolute Gasteiger partial charge is 0.255 e. The molecule has 62 valence electrons. The van der Waals surface area contributed by atoms with E-state index in [9.17, 15) is 4.79 Å². The lowest BCUT2D eigenvalue weighted by atomic mass is 9.94. The van der Waals surface area contributed by atoms with E-state index < -0.39 is 0 Å². The van der Waals surface area contributed by atoms with Gasteiger partial charge in [-0.1, -0.05) is 35.3 Å². The number of pyridine rings is 1. The van der Waals surface area contributed by atoms with Crippen LogP contribution in [0, 0.1) is 0 Å². The summed E-state index contributed by atoms with van der Waals surface area (Å²) in [7, 11) is 5.55. The fraction of sp³-hybridized carbons (Fsp3) is 0. The maximum Gasteiger partial charge on any atom is 0.255 e. The predicted molar refractivity (Wildman–Crippen MR) is 55.0 cm³/mol. The third-order valence-corrected chi connectivity index (χ3v) is 2.19. The quantitative estimate of drug-likeness (QED) is 0.616. The van der Waals surface area contributed by atoms with E-state index >= 15 is 0 Å². The van der Waals surface area contributed by atoms with Crippen LogP contribution in [0.25, 0.3) is 10.8 Å². The van der Waals surface area contributed by atoms with Crippen molar-refractivity contribution < 1.29 is 0 Å². The third kappa shape index (κ3) is 1.35. The van der Waals surface area contributed by atoms with Gasteiger partial charge in [-0.3, -0.25) is 4.79 Å². The first-order valence-electron chi connectivity index (χ1n) is 3.75. The minimum Gasteiger partial charge on any atom is -0.327 e. The SMILES string of the molecule is [B]c1ccc2c(Cl)c[nH]c(=O)c2c1. The molecule has 2 nitrogen and oxygen atoms in total. The van der Waals surface area contributed by atoms with Crippen molar-refractivity contribution in [2.75, 3.05) is 0 Å². The number of H-pyrrole nitrogens is 1. The van der Waals surface area contributed by atoms with Crippen LogP contribution in [0.15, 0.2) is 29.2 Å². The minimum absolute atomic E-state index is 0.174. The maximum absolute atomic E-state index is 11.3. The Morgan fingerprint density at radius 2 is 2.08 bits per heavy atom. The van der Waals surface area contributed by atoms with Crippen molar-refractivity contribution in [1.82, 2.24) is 4.98 Å². The molecule has 0 aliphatic carbocycles. The zero-order valence-corrected chi connectivity index (χ0v) is 7.43. The Bertz CT molecular complexity index is 520. The van der Waals surface area contributed by atoms with Crippen molar-refractivity contribution in [2.45, 2.75) is 0 Å². The molecular formula is C9H5BClNO. The largest absolute Gasteiger partial charge is 0.327 e. The molecule has 0 amide bonds. The average molecular weight is 189 g/mol. The highest BCUT2D eigenvalue weighted by molar-refractivity contribution is 6.36. The van der Waals surface area contributed by atoms with E-state index in [0.717, 1.165) is 5.39 Å². The van der Waals surface area contributed by atoms with Gasteiger partial charge in [0.15, 0.2) is 0 Å². The summed E-state index contributed by atoms with van der Waals surface area (Å²) in [6, 6.07) is 5.07. The van der Waals surface area contributed by atoms with Gasteiger partial charge in [-0.2, -0.15) is 0 Å². The standard InChI is InChI=1S/C9H5BClNO/c10-5-1-2-6-7(3-5)9(13)12-4-8(6)11/h1-4H,(H,12,13). The summed E-state index contributed by atoms with van der Waals surface area (Å²) in [5.41, 5.74) is 0.381. The maximum atomic E-state index is 11.3. The molecule has 0 atom stereocenters. The van der Waals surface area contributed by atoms with Crippen molar-refractivity contribution in [3.63, 3.8) is 0 Å². The van der Waals surface area contributed by atoms with Gasteiger partial charge < -0.3 is 4.98 Å². The van der Waals surface area contributed by atoms with Gasteiger partial charge in [-0.25, -0.2) is 0 Å². The van der Waals surface area contributed by atoms with Gasteiger partial charge in [-0.05, 0) is 0 Å². The van der Waals surface area contributed by atoms with Crippen LogP contribution in [-0.4, -0.2) is 12.8 Å². The minimum atomic E-state index is -0.174. The number of aromatic amines is 1. The number of nitrogens with one attached hydrogen (secondary N) is 1. The van der Waals surface area contributed by atoms with Gasteiger partial charge in [0.25, 0.3) is 5.56 Å². The summed E-state index contributed by atoms with van der Waals surface area (Å²) < 4.78 is 0. The van der Waals surface area contributed by atoms with E-state index in [-0.39, 0.29) is 5.56 Å². The molecule has 13 heavy (non-hydrogen) atoms. The second kappa shape index (κ2) is 2.93. The molecule has 0 aliphatic rings. The van der Waals surface area contributed by atoms with Crippen molar-refractivity contribution in [1.29, 1.82) is 0 Å². The lowest BCUT2D eigenvalue weighted by Gasteiger charge is -1.99. The van der Waals surface area contributed by atoms with Gasteiger partial charge in [0.05, 0.1) is 5.02 Å². The van der Waals surface area contributed by atoms with Crippen LogP contribution in [0.1, 0.15) is 0 Å². The van der Waals surface area contributed by atoms with Gasteiger partial charge >= 0.3 is 0 Å². The first-order chi connectivity index (χ1) is 6.18. The Morgan fingerprint density at radius 3 is 2.85 bits per heavy atom. The summed E-state index contributed by atoms with van der Waals surface area (Å²) in [5.74, 6) is 0. The molecule has 1 heterocycles. The Morgan fingerprint density at radius 1 is 1.31 bits per heavy atom. The summed E-state index contributed by atoms with van der Waals surface area (Å²) in [5, 5.41) is 1.77. The number of fused-ring (bicyclic) bond motifs is 1. The summed E-state index contributed by atoms with van der Waals surface area (Å²) in [6.45, 7) is 0. The fourth-order valence-electron chi connectivity index (χ4n) is 1.24. The Kier molecular flexibility index (Phi) is 1.89. The first kappa shape index (κ1) is 8.39. The molecule has 0 saturated carbocycles. The number of aromatic nitrogens is 1. The molecule has 2 rings (SSSR count). The lowest BCUT2D eigenvalue weighted by molar-refractivity contribution is 1.28. The van der Waals surface area contributed by atoms with Crippen LogP contribution in [0.4, 0.5) is 0 Å². The monoisotopic (exact) mass is 189 g/mol. The van der Waals surface area contributed by atoms with Crippen molar-refractivity contribution in [3.05, 3.63) is 39.8 Å². The average Bonchev–Trinajstić information content (AvgIpc) is 2.12. The number of halogens is 1. The molecule has 1 aromatic carbocycles. The van der Waals surface area contributed by atoms with Crippen LogP contribution in [0.2, 0.25) is 5.02 Å². The zero-order chi connectivity index (χ0) is 9.42. The molecule has 0 fully saturated rings. The van der Waals surface area contributed by atoms with Crippen LogP contribution in [0.3, 0.4) is 0 Å². The highest BCUT2D eigenvalue weighted by atomic mass is 35.5. The van der Waals surface area contributed by atoms with E-state index in [1.807, 2.05) is 0 Å². The second-order valence-corrected chi connectivity index (χ2v) is 3.18. The Balaban J connectivity index is 3.01. The third-order valence-electron chi connectivity index (χ3n) is 1.88. The molecule has 2 aromatic rings. The van der Waals surface area contributed by atoms with Crippen LogP contribution in [-0.2, 0) is 0 Å².